The Morgan fingerprint density at radius 3 is 2.73 bits per heavy atom. The van der Waals surface area contributed by atoms with Gasteiger partial charge in [0.15, 0.2) is 0 Å². The smallest absolute Gasteiger partial charge is 0.303 e. The van der Waals surface area contributed by atoms with Crippen LogP contribution in [0.1, 0.15) is 25.7 Å². The average molecular weight is 216 g/mol. The summed E-state index contributed by atoms with van der Waals surface area (Å²) in [6, 6.07) is -0.779. The summed E-state index contributed by atoms with van der Waals surface area (Å²) in [5.74, 6) is -1.27. The number of carboxylic acids is 1. The number of carbonyl (C=O) groups excluding carboxylic acids is 1. The van der Waals surface area contributed by atoms with E-state index in [1.165, 1.54) is 5.06 Å². The number of amides is 1. The molecule has 1 aliphatic rings. The largest absolute Gasteiger partial charge is 0.481 e. The van der Waals surface area contributed by atoms with Gasteiger partial charge >= 0.3 is 5.97 Å². The Balaban J connectivity index is 2.33. The number of hydrogen-bond donors (Lipinski definition) is 2. The molecule has 1 atom stereocenters. The van der Waals surface area contributed by atoms with Crippen molar-refractivity contribution >= 4 is 11.9 Å². The van der Waals surface area contributed by atoms with Crippen LogP contribution in [0.2, 0.25) is 0 Å². The van der Waals surface area contributed by atoms with Gasteiger partial charge in [0.25, 0.3) is 5.91 Å². The van der Waals surface area contributed by atoms with Crippen molar-refractivity contribution in [3.05, 3.63) is 0 Å². The molecule has 0 bridgehead atoms. The third-order valence-electron chi connectivity index (χ3n) is 2.23. The van der Waals surface area contributed by atoms with E-state index < -0.39 is 12.0 Å². The second kappa shape index (κ2) is 5.67. The maximum absolute atomic E-state index is 11.6. The second-order valence-electron chi connectivity index (χ2n) is 3.52. The quantitative estimate of drug-likeness (QED) is 0.675. The van der Waals surface area contributed by atoms with Crippen LogP contribution in [-0.4, -0.2) is 41.2 Å². The van der Waals surface area contributed by atoms with Crippen LogP contribution in [0.5, 0.6) is 0 Å². The number of nitrogens with zero attached hydrogens (tertiary/aromatic N) is 1. The number of carbonyl (C=O) groups is 2. The SMILES string of the molecule is NC(CCC(=O)O)C(=O)N1CCCCO1. The summed E-state index contributed by atoms with van der Waals surface area (Å²) < 4.78 is 0. The van der Waals surface area contributed by atoms with Crippen molar-refractivity contribution in [1.29, 1.82) is 0 Å². The maximum atomic E-state index is 11.6. The lowest BCUT2D eigenvalue weighted by Crippen LogP contribution is -2.46. The Hall–Kier alpha value is -1.14. The van der Waals surface area contributed by atoms with Gasteiger partial charge in [-0.25, -0.2) is 5.06 Å². The monoisotopic (exact) mass is 216 g/mol. The standard InChI is InChI=1S/C9H16N2O4/c10-7(3-4-8(12)13)9(14)11-5-1-2-6-15-11/h7H,1-6,10H2,(H,12,13). The van der Waals surface area contributed by atoms with Gasteiger partial charge in [0.2, 0.25) is 0 Å². The minimum atomic E-state index is -0.946. The molecule has 6 nitrogen and oxygen atoms in total. The number of hydrogen-bond acceptors (Lipinski definition) is 4. The maximum Gasteiger partial charge on any atom is 0.303 e. The first-order valence-corrected chi connectivity index (χ1v) is 5.03. The van der Waals surface area contributed by atoms with Gasteiger partial charge < -0.3 is 10.8 Å². The fourth-order valence-corrected chi connectivity index (χ4v) is 1.36. The van der Waals surface area contributed by atoms with Crippen molar-refractivity contribution in [3.63, 3.8) is 0 Å². The van der Waals surface area contributed by atoms with Gasteiger partial charge in [-0.05, 0) is 19.3 Å². The van der Waals surface area contributed by atoms with Crippen molar-refractivity contribution < 1.29 is 19.5 Å². The van der Waals surface area contributed by atoms with Crippen LogP contribution in [0.3, 0.4) is 0 Å². The minimum Gasteiger partial charge on any atom is -0.481 e. The third kappa shape index (κ3) is 3.85. The van der Waals surface area contributed by atoms with E-state index in [2.05, 4.69) is 0 Å². The zero-order valence-corrected chi connectivity index (χ0v) is 8.52. The molecular formula is C9H16N2O4. The predicted octanol–water partition coefficient (Wildman–Crippen LogP) is -0.268. The van der Waals surface area contributed by atoms with Crippen molar-refractivity contribution in [2.45, 2.75) is 31.7 Å². The van der Waals surface area contributed by atoms with Gasteiger partial charge in [0, 0.05) is 13.0 Å². The van der Waals surface area contributed by atoms with Crippen LogP contribution in [0.25, 0.3) is 0 Å². The van der Waals surface area contributed by atoms with Crippen LogP contribution in [0.4, 0.5) is 0 Å². The Morgan fingerprint density at radius 1 is 1.47 bits per heavy atom. The van der Waals surface area contributed by atoms with E-state index in [9.17, 15) is 9.59 Å². The zero-order chi connectivity index (χ0) is 11.3. The van der Waals surface area contributed by atoms with Crippen LogP contribution in [0.15, 0.2) is 0 Å². The average Bonchev–Trinajstić information content (AvgIpc) is 2.26. The molecule has 0 aromatic heterocycles. The summed E-state index contributed by atoms with van der Waals surface area (Å²) in [4.78, 5) is 27.0. The predicted molar refractivity (Wildman–Crippen MR) is 51.7 cm³/mol. The highest BCUT2D eigenvalue weighted by Crippen LogP contribution is 2.08. The van der Waals surface area contributed by atoms with E-state index in [4.69, 9.17) is 15.7 Å². The lowest BCUT2D eigenvalue weighted by atomic mass is 10.1. The minimum absolute atomic E-state index is 0.0965. The number of hydroxylamine groups is 2. The van der Waals surface area contributed by atoms with E-state index in [1.54, 1.807) is 0 Å². The molecular weight excluding hydrogens is 200 g/mol. The van der Waals surface area contributed by atoms with Gasteiger partial charge in [-0.3, -0.25) is 14.4 Å². The van der Waals surface area contributed by atoms with Gasteiger partial charge in [-0.1, -0.05) is 0 Å². The van der Waals surface area contributed by atoms with Crippen LogP contribution >= 0.6 is 0 Å². The number of carboxylic acid groups (broad SMARTS) is 1. The molecule has 1 rings (SSSR count). The van der Waals surface area contributed by atoms with Gasteiger partial charge in [-0.15, -0.1) is 0 Å². The number of rotatable bonds is 4. The summed E-state index contributed by atoms with van der Waals surface area (Å²) in [5, 5.41) is 9.69. The fourth-order valence-electron chi connectivity index (χ4n) is 1.36. The molecule has 0 spiro atoms. The molecule has 1 saturated heterocycles. The molecule has 1 unspecified atom stereocenters. The van der Waals surface area contributed by atoms with Crippen molar-refractivity contribution in [1.82, 2.24) is 5.06 Å². The Morgan fingerprint density at radius 2 is 2.20 bits per heavy atom. The molecule has 0 aromatic carbocycles. The molecule has 1 aliphatic heterocycles. The molecule has 6 heteroatoms. The van der Waals surface area contributed by atoms with Crippen LogP contribution < -0.4 is 5.73 Å². The topological polar surface area (TPSA) is 92.9 Å². The first-order chi connectivity index (χ1) is 7.11. The molecule has 3 N–H and O–H groups in total. The summed E-state index contributed by atoms with van der Waals surface area (Å²) in [5.41, 5.74) is 5.56. The van der Waals surface area contributed by atoms with Gasteiger partial charge in [-0.2, -0.15) is 0 Å². The molecule has 86 valence electrons. The molecule has 0 radical (unpaired) electrons. The number of aliphatic carboxylic acids is 1. The lowest BCUT2D eigenvalue weighted by molar-refractivity contribution is -0.198. The summed E-state index contributed by atoms with van der Waals surface area (Å²) in [7, 11) is 0. The lowest BCUT2D eigenvalue weighted by Gasteiger charge is -2.27. The van der Waals surface area contributed by atoms with E-state index >= 15 is 0 Å². The highest BCUT2D eigenvalue weighted by molar-refractivity contribution is 5.81. The molecule has 1 fully saturated rings. The molecule has 1 heterocycles. The van der Waals surface area contributed by atoms with Crippen molar-refractivity contribution in [3.8, 4) is 0 Å². The van der Waals surface area contributed by atoms with Gasteiger partial charge in [0.05, 0.1) is 12.6 Å². The number of nitrogens with two attached hydrogens (primary N) is 1. The zero-order valence-electron chi connectivity index (χ0n) is 8.52. The van der Waals surface area contributed by atoms with E-state index in [-0.39, 0.29) is 18.7 Å². The highest BCUT2D eigenvalue weighted by atomic mass is 16.7. The van der Waals surface area contributed by atoms with Crippen molar-refractivity contribution in [2.75, 3.05) is 13.2 Å². The Kier molecular flexibility index (Phi) is 4.51. The van der Waals surface area contributed by atoms with E-state index in [1.807, 2.05) is 0 Å². The first kappa shape index (κ1) is 11.9. The molecule has 15 heavy (non-hydrogen) atoms. The molecule has 0 aromatic rings. The first-order valence-electron chi connectivity index (χ1n) is 5.03. The third-order valence-corrected chi connectivity index (χ3v) is 2.23. The van der Waals surface area contributed by atoms with Crippen LogP contribution in [-0.2, 0) is 14.4 Å². The molecule has 0 saturated carbocycles. The fraction of sp³-hybridized carbons (Fsp3) is 0.778. The molecule has 0 aliphatic carbocycles. The van der Waals surface area contributed by atoms with E-state index in [0.29, 0.717) is 13.2 Å². The Labute approximate surface area is 87.9 Å². The Bertz CT molecular complexity index is 238. The second-order valence-corrected chi connectivity index (χ2v) is 3.52. The molecule has 1 amide bonds. The van der Waals surface area contributed by atoms with Crippen molar-refractivity contribution in [2.24, 2.45) is 5.73 Å². The van der Waals surface area contributed by atoms with E-state index in [0.717, 1.165) is 12.8 Å². The van der Waals surface area contributed by atoms with Gasteiger partial charge in [0.1, 0.15) is 0 Å². The summed E-state index contributed by atoms with van der Waals surface area (Å²) in [6.45, 7) is 1.07. The summed E-state index contributed by atoms with van der Waals surface area (Å²) in [6.07, 6.45) is 1.89. The van der Waals surface area contributed by atoms with Crippen LogP contribution in [0, 0.1) is 0 Å². The highest BCUT2D eigenvalue weighted by Gasteiger charge is 2.23. The summed E-state index contributed by atoms with van der Waals surface area (Å²) >= 11 is 0. The normalized spacial score (nSPS) is 18.6.